The molecule has 0 fully saturated rings. The van der Waals surface area contributed by atoms with Crippen molar-refractivity contribution in [3.8, 4) is 0 Å². The molecular formula is C15H24N2O2. The third-order valence-electron chi connectivity index (χ3n) is 2.90. The predicted octanol–water partition coefficient (Wildman–Crippen LogP) is 1.69. The van der Waals surface area contributed by atoms with Crippen LogP contribution in [-0.4, -0.2) is 25.1 Å². The van der Waals surface area contributed by atoms with Gasteiger partial charge in [-0.15, -0.1) is 0 Å². The number of hydrogen-bond donors (Lipinski definition) is 2. The summed E-state index contributed by atoms with van der Waals surface area (Å²) in [5.74, 6) is 0.0763. The Morgan fingerprint density at radius 2 is 2.00 bits per heavy atom. The monoisotopic (exact) mass is 264 g/mol. The summed E-state index contributed by atoms with van der Waals surface area (Å²) < 4.78 is 5.53. The zero-order valence-corrected chi connectivity index (χ0v) is 11.8. The maximum Gasteiger partial charge on any atom is 0.237 e. The van der Waals surface area contributed by atoms with Crippen LogP contribution in [0, 0.1) is 5.92 Å². The molecule has 1 rings (SSSR count). The molecule has 0 aliphatic rings. The number of carbonyl (C=O) groups is 1. The summed E-state index contributed by atoms with van der Waals surface area (Å²) in [6.45, 7) is 5.72. The molecule has 0 aliphatic carbocycles. The lowest BCUT2D eigenvalue weighted by molar-refractivity contribution is -0.123. The summed E-state index contributed by atoms with van der Waals surface area (Å²) in [6.07, 6.45) is 0.795. The minimum Gasteiger partial charge on any atom is -0.377 e. The first kappa shape index (κ1) is 15.7. The molecule has 1 amide bonds. The Labute approximate surface area is 115 Å². The molecule has 0 saturated carbocycles. The molecule has 0 radical (unpaired) electrons. The molecule has 19 heavy (non-hydrogen) atoms. The maximum atomic E-state index is 11.6. The third-order valence-corrected chi connectivity index (χ3v) is 2.90. The number of amides is 1. The van der Waals surface area contributed by atoms with Crippen LogP contribution in [0.4, 0.5) is 0 Å². The van der Waals surface area contributed by atoms with Crippen LogP contribution in [0.2, 0.25) is 0 Å². The van der Waals surface area contributed by atoms with Crippen molar-refractivity contribution in [2.45, 2.75) is 32.9 Å². The van der Waals surface area contributed by atoms with E-state index in [0.29, 0.717) is 19.8 Å². The molecule has 0 spiro atoms. The Hall–Kier alpha value is -1.39. The molecule has 0 aliphatic heterocycles. The van der Waals surface area contributed by atoms with Gasteiger partial charge in [0.05, 0.1) is 12.6 Å². The number of benzene rings is 1. The van der Waals surface area contributed by atoms with Gasteiger partial charge in [0, 0.05) is 13.2 Å². The average Bonchev–Trinajstić information content (AvgIpc) is 2.42. The van der Waals surface area contributed by atoms with Gasteiger partial charge in [0.1, 0.15) is 0 Å². The largest absolute Gasteiger partial charge is 0.377 e. The summed E-state index contributed by atoms with van der Waals surface area (Å²) in [5.41, 5.74) is 6.89. The van der Waals surface area contributed by atoms with Crippen LogP contribution in [0.25, 0.3) is 0 Å². The Balaban J connectivity index is 2.04. The van der Waals surface area contributed by atoms with E-state index >= 15 is 0 Å². The Kier molecular flexibility index (Phi) is 7.15. The van der Waals surface area contributed by atoms with Gasteiger partial charge in [0.2, 0.25) is 5.91 Å². The highest BCUT2D eigenvalue weighted by molar-refractivity contribution is 5.81. The predicted molar refractivity (Wildman–Crippen MR) is 76.5 cm³/mol. The standard InChI is InChI=1S/C15H24N2O2/c1-12(2)14(16)15(18)17-9-6-10-19-11-13-7-4-3-5-8-13/h3-5,7-8,12,14H,6,9-11,16H2,1-2H3,(H,17,18). The molecule has 106 valence electrons. The highest BCUT2D eigenvalue weighted by Crippen LogP contribution is 2.01. The van der Waals surface area contributed by atoms with E-state index in [1.165, 1.54) is 0 Å². The van der Waals surface area contributed by atoms with Crippen molar-refractivity contribution in [3.05, 3.63) is 35.9 Å². The van der Waals surface area contributed by atoms with Crippen LogP contribution in [0.5, 0.6) is 0 Å². The molecule has 4 heteroatoms. The Bertz CT molecular complexity index is 366. The number of rotatable bonds is 8. The molecule has 1 atom stereocenters. The normalized spacial score (nSPS) is 12.4. The first-order valence-electron chi connectivity index (χ1n) is 6.76. The molecule has 4 nitrogen and oxygen atoms in total. The lowest BCUT2D eigenvalue weighted by Gasteiger charge is -2.15. The Morgan fingerprint density at radius 1 is 1.32 bits per heavy atom. The molecule has 1 unspecified atom stereocenters. The van der Waals surface area contributed by atoms with Crippen LogP contribution < -0.4 is 11.1 Å². The molecule has 0 saturated heterocycles. The van der Waals surface area contributed by atoms with Crippen LogP contribution in [0.1, 0.15) is 25.8 Å². The van der Waals surface area contributed by atoms with Crippen LogP contribution in [0.3, 0.4) is 0 Å². The molecule has 0 aromatic heterocycles. The number of nitrogens with two attached hydrogens (primary N) is 1. The number of hydrogen-bond acceptors (Lipinski definition) is 3. The van der Waals surface area contributed by atoms with Crippen LogP contribution in [0.15, 0.2) is 30.3 Å². The van der Waals surface area contributed by atoms with E-state index in [-0.39, 0.29) is 11.8 Å². The second-order valence-electron chi connectivity index (χ2n) is 4.95. The van der Waals surface area contributed by atoms with Crippen LogP contribution >= 0.6 is 0 Å². The van der Waals surface area contributed by atoms with Gasteiger partial charge in [-0.3, -0.25) is 4.79 Å². The Morgan fingerprint density at radius 3 is 2.63 bits per heavy atom. The second kappa shape index (κ2) is 8.67. The zero-order chi connectivity index (χ0) is 14.1. The number of nitrogens with one attached hydrogen (secondary N) is 1. The van der Waals surface area contributed by atoms with Crippen molar-refractivity contribution < 1.29 is 9.53 Å². The molecule has 1 aromatic carbocycles. The summed E-state index contributed by atoms with van der Waals surface area (Å²) in [7, 11) is 0. The van der Waals surface area contributed by atoms with Gasteiger partial charge >= 0.3 is 0 Å². The average molecular weight is 264 g/mol. The fourth-order valence-electron chi connectivity index (χ4n) is 1.57. The molecule has 1 aromatic rings. The fraction of sp³-hybridized carbons (Fsp3) is 0.533. The lowest BCUT2D eigenvalue weighted by Crippen LogP contribution is -2.44. The number of ether oxygens (including phenoxy) is 1. The number of carbonyl (C=O) groups excluding carboxylic acids is 1. The van der Waals surface area contributed by atoms with Crippen molar-refractivity contribution in [1.82, 2.24) is 5.32 Å². The van der Waals surface area contributed by atoms with Crippen molar-refractivity contribution in [2.75, 3.05) is 13.2 Å². The van der Waals surface area contributed by atoms with Crippen molar-refractivity contribution in [2.24, 2.45) is 11.7 Å². The van der Waals surface area contributed by atoms with E-state index in [4.69, 9.17) is 10.5 Å². The second-order valence-corrected chi connectivity index (χ2v) is 4.95. The zero-order valence-electron chi connectivity index (χ0n) is 11.8. The highest BCUT2D eigenvalue weighted by atomic mass is 16.5. The molecule has 0 heterocycles. The molecule has 0 bridgehead atoms. The van der Waals surface area contributed by atoms with Gasteiger partial charge < -0.3 is 15.8 Å². The van der Waals surface area contributed by atoms with E-state index < -0.39 is 6.04 Å². The van der Waals surface area contributed by atoms with Crippen molar-refractivity contribution in [1.29, 1.82) is 0 Å². The smallest absolute Gasteiger partial charge is 0.237 e. The lowest BCUT2D eigenvalue weighted by atomic mass is 10.1. The summed E-state index contributed by atoms with van der Waals surface area (Å²) in [6, 6.07) is 9.60. The molecular weight excluding hydrogens is 240 g/mol. The van der Waals surface area contributed by atoms with Gasteiger partial charge in [-0.25, -0.2) is 0 Å². The summed E-state index contributed by atoms with van der Waals surface area (Å²) >= 11 is 0. The van der Waals surface area contributed by atoms with Crippen LogP contribution in [-0.2, 0) is 16.1 Å². The van der Waals surface area contributed by atoms with E-state index in [0.717, 1.165) is 12.0 Å². The summed E-state index contributed by atoms with van der Waals surface area (Å²) in [5, 5.41) is 2.82. The van der Waals surface area contributed by atoms with E-state index in [1.54, 1.807) is 0 Å². The van der Waals surface area contributed by atoms with Crippen molar-refractivity contribution in [3.63, 3.8) is 0 Å². The molecule has 3 N–H and O–H groups in total. The SMILES string of the molecule is CC(C)C(N)C(=O)NCCCOCc1ccccc1. The van der Waals surface area contributed by atoms with Gasteiger partial charge in [0.25, 0.3) is 0 Å². The first-order valence-corrected chi connectivity index (χ1v) is 6.76. The minimum atomic E-state index is -0.426. The quantitative estimate of drug-likeness (QED) is 0.702. The van der Waals surface area contributed by atoms with E-state index in [9.17, 15) is 4.79 Å². The fourth-order valence-corrected chi connectivity index (χ4v) is 1.57. The third kappa shape index (κ3) is 6.36. The van der Waals surface area contributed by atoms with Gasteiger partial charge in [0.15, 0.2) is 0 Å². The van der Waals surface area contributed by atoms with Crippen molar-refractivity contribution >= 4 is 5.91 Å². The minimum absolute atomic E-state index is 0.0851. The first-order chi connectivity index (χ1) is 9.11. The van der Waals surface area contributed by atoms with Gasteiger partial charge in [-0.2, -0.15) is 0 Å². The summed E-state index contributed by atoms with van der Waals surface area (Å²) in [4.78, 5) is 11.6. The maximum absolute atomic E-state index is 11.6. The van der Waals surface area contributed by atoms with E-state index in [1.807, 2.05) is 44.2 Å². The highest BCUT2D eigenvalue weighted by Gasteiger charge is 2.15. The van der Waals surface area contributed by atoms with Gasteiger partial charge in [-0.1, -0.05) is 44.2 Å². The topological polar surface area (TPSA) is 64.4 Å². The van der Waals surface area contributed by atoms with E-state index in [2.05, 4.69) is 5.32 Å². The van der Waals surface area contributed by atoms with Gasteiger partial charge in [-0.05, 0) is 17.9 Å².